The molecule has 0 fully saturated rings. The minimum absolute atomic E-state index is 0.0213. The van der Waals surface area contributed by atoms with Gasteiger partial charge in [-0.2, -0.15) is 0 Å². The molecule has 0 spiro atoms. The van der Waals surface area contributed by atoms with Crippen molar-refractivity contribution in [3.63, 3.8) is 0 Å². The van der Waals surface area contributed by atoms with Crippen molar-refractivity contribution in [3.8, 4) is 11.5 Å². The van der Waals surface area contributed by atoms with Crippen LogP contribution in [0, 0.1) is 0 Å². The molecule has 0 saturated heterocycles. The lowest BCUT2D eigenvalue weighted by Gasteiger charge is -2.20. The molecule has 156 valence electrons. The highest BCUT2D eigenvalue weighted by atomic mass is 16.5. The normalized spacial score (nSPS) is 12.4. The third-order valence-corrected chi connectivity index (χ3v) is 5.28. The van der Waals surface area contributed by atoms with Crippen LogP contribution in [0.2, 0.25) is 0 Å². The van der Waals surface area contributed by atoms with Crippen LogP contribution < -0.4 is 0 Å². The number of rotatable bonds is 17. The Bertz CT molecular complexity index is 473. The topological polar surface area (TPSA) is 49.7 Å². The maximum absolute atomic E-state index is 10.2. The SMILES string of the molecule is CCCCCCCCCCOC(CCCCCCC)c1cccc(O)c1O. The van der Waals surface area contributed by atoms with Gasteiger partial charge in [0.15, 0.2) is 11.5 Å². The summed E-state index contributed by atoms with van der Waals surface area (Å²) in [7, 11) is 0. The Labute approximate surface area is 167 Å². The van der Waals surface area contributed by atoms with Gasteiger partial charge < -0.3 is 14.9 Å². The molecule has 0 aliphatic heterocycles. The molecule has 27 heavy (non-hydrogen) atoms. The fraction of sp³-hybridized carbons (Fsp3) is 0.750. The quantitative estimate of drug-likeness (QED) is 0.216. The number of unbranched alkanes of at least 4 members (excludes halogenated alkanes) is 11. The molecule has 0 aliphatic carbocycles. The Morgan fingerprint density at radius 2 is 1.30 bits per heavy atom. The Morgan fingerprint density at radius 3 is 1.93 bits per heavy atom. The highest BCUT2D eigenvalue weighted by Crippen LogP contribution is 2.36. The molecule has 0 saturated carbocycles. The lowest BCUT2D eigenvalue weighted by Crippen LogP contribution is -2.06. The van der Waals surface area contributed by atoms with E-state index in [0.717, 1.165) is 31.4 Å². The average Bonchev–Trinajstić information content (AvgIpc) is 2.67. The predicted molar refractivity (Wildman–Crippen MR) is 114 cm³/mol. The third kappa shape index (κ3) is 10.6. The van der Waals surface area contributed by atoms with Crippen molar-refractivity contribution in [3.05, 3.63) is 23.8 Å². The smallest absolute Gasteiger partial charge is 0.163 e. The van der Waals surface area contributed by atoms with Crippen LogP contribution in [0.25, 0.3) is 0 Å². The first-order valence-corrected chi connectivity index (χ1v) is 11.3. The number of aromatic hydroxyl groups is 2. The molecule has 1 aromatic rings. The summed E-state index contributed by atoms with van der Waals surface area (Å²) in [4.78, 5) is 0. The van der Waals surface area contributed by atoms with Crippen LogP contribution in [0.4, 0.5) is 0 Å². The highest BCUT2D eigenvalue weighted by molar-refractivity contribution is 5.45. The van der Waals surface area contributed by atoms with E-state index >= 15 is 0 Å². The zero-order valence-corrected chi connectivity index (χ0v) is 17.7. The van der Waals surface area contributed by atoms with E-state index in [9.17, 15) is 10.2 Å². The van der Waals surface area contributed by atoms with Crippen molar-refractivity contribution in [1.29, 1.82) is 0 Å². The summed E-state index contributed by atoms with van der Waals surface area (Å²) in [5, 5.41) is 20.0. The average molecular weight is 379 g/mol. The van der Waals surface area contributed by atoms with Gasteiger partial charge in [0.2, 0.25) is 0 Å². The lowest BCUT2D eigenvalue weighted by molar-refractivity contribution is 0.0403. The van der Waals surface area contributed by atoms with Gasteiger partial charge in [-0.25, -0.2) is 0 Å². The van der Waals surface area contributed by atoms with Gasteiger partial charge in [0, 0.05) is 12.2 Å². The molecule has 0 aromatic heterocycles. The summed E-state index contributed by atoms with van der Waals surface area (Å²) in [6.07, 6.45) is 17.1. The monoisotopic (exact) mass is 378 g/mol. The van der Waals surface area contributed by atoms with Crippen LogP contribution in [0.1, 0.15) is 115 Å². The van der Waals surface area contributed by atoms with Gasteiger partial charge >= 0.3 is 0 Å². The largest absolute Gasteiger partial charge is 0.504 e. The first-order valence-electron chi connectivity index (χ1n) is 11.3. The summed E-state index contributed by atoms with van der Waals surface area (Å²) >= 11 is 0. The van der Waals surface area contributed by atoms with Gasteiger partial charge in [0.1, 0.15) is 0 Å². The van der Waals surface area contributed by atoms with Crippen molar-refractivity contribution in [2.24, 2.45) is 0 Å². The van der Waals surface area contributed by atoms with Crippen molar-refractivity contribution in [1.82, 2.24) is 0 Å². The summed E-state index contributed by atoms with van der Waals surface area (Å²) in [6, 6.07) is 5.18. The number of hydrogen-bond acceptors (Lipinski definition) is 3. The molecule has 1 atom stereocenters. The predicted octanol–water partition coefficient (Wildman–Crippen LogP) is 7.66. The van der Waals surface area contributed by atoms with E-state index in [1.165, 1.54) is 76.7 Å². The van der Waals surface area contributed by atoms with Crippen LogP contribution >= 0.6 is 0 Å². The van der Waals surface area contributed by atoms with Gasteiger partial charge in [-0.1, -0.05) is 103 Å². The van der Waals surface area contributed by atoms with Crippen molar-refractivity contribution in [2.45, 2.75) is 110 Å². The minimum atomic E-state index is -0.122. The standard InChI is InChI=1S/C24H42O3/c1-3-5-7-9-10-11-13-15-20-27-23(19-14-12-8-6-4-2)21-17-16-18-22(25)24(21)26/h16-18,23,25-26H,3-15,19-20H2,1-2H3. The Balaban J connectivity index is 2.37. The highest BCUT2D eigenvalue weighted by Gasteiger charge is 2.17. The second-order valence-corrected chi connectivity index (χ2v) is 7.75. The third-order valence-electron chi connectivity index (χ3n) is 5.28. The molecule has 0 bridgehead atoms. The number of phenols is 2. The van der Waals surface area contributed by atoms with E-state index < -0.39 is 0 Å². The summed E-state index contributed by atoms with van der Waals surface area (Å²) < 4.78 is 6.14. The number of hydrogen-bond donors (Lipinski definition) is 2. The lowest BCUT2D eigenvalue weighted by atomic mass is 10.0. The number of para-hydroxylation sites is 1. The first-order chi connectivity index (χ1) is 13.2. The molecule has 1 unspecified atom stereocenters. The van der Waals surface area contributed by atoms with Crippen LogP contribution in [0.15, 0.2) is 18.2 Å². The van der Waals surface area contributed by atoms with Gasteiger partial charge in [-0.05, 0) is 18.9 Å². The minimum Gasteiger partial charge on any atom is -0.504 e. The molecule has 0 radical (unpaired) electrons. The first kappa shape index (κ1) is 23.8. The Hall–Kier alpha value is -1.22. The van der Waals surface area contributed by atoms with Crippen molar-refractivity contribution >= 4 is 0 Å². The maximum Gasteiger partial charge on any atom is 0.163 e. The van der Waals surface area contributed by atoms with Crippen LogP contribution in [0.5, 0.6) is 11.5 Å². The van der Waals surface area contributed by atoms with E-state index in [-0.39, 0.29) is 17.6 Å². The van der Waals surface area contributed by atoms with Gasteiger partial charge in [0.05, 0.1) is 6.10 Å². The number of phenolic OH excluding ortho intramolecular Hbond substituents is 2. The zero-order chi connectivity index (χ0) is 19.7. The fourth-order valence-corrected chi connectivity index (χ4v) is 3.53. The van der Waals surface area contributed by atoms with Crippen molar-refractivity contribution < 1.29 is 14.9 Å². The van der Waals surface area contributed by atoms with E-state index in [2.05, 4.69) is 13.8 Å². The summed E-state index contributed by atoms with van der Waals surface area (Å²) in [5.41, 5.74) is 0.727. The van der Waals surface area contributed by atoms with E-state index in [4.69, 9.17) is 4.74 Å². The zero-order valence-electron chi connectivity index (χ0n) is 17.7. The van der Waals surface area contributed by atoms with Gasteiger partial charge in [0.25, 0.3) is 0 Å². The molecule has 3 heteroatoms. The molecule has 3 nitrogen and oxygen atoms in total. The molecule has 2 N–H and O–H groups in total. The summed E-state index contributed by atoms with van der Waals surface area (Å²) in [6.45, 7) is 5.20. The molecule has 0 amide bonds. The molecule has 1 aromatic carbocycles. The molecule has 0 heterocycles. The molecular formula is C24H42O3. The van der Waals surface area contributed by atoms with E-state index in [1.54, 1.807) is 6.07 Å². The van der Waals surface area contributed by atoms with Crippen LogP contribution in [-0.2, 0) is 4.74 Å². The number of ether oxygens (including phenoxy) is 1. The molecular weight excluding hydrogens is 336 g/mol. The number of benzene rings is 1. The Morgan fingerprint density at radius 1 is 0.741 bits per heavy atom. The van der Waals surface area contributed by atoms with Gasteiger partial charge in [-0.15, -0.1) is 0 Å². The second-order valence-electron chi connectivity index (χ2n) is 7.75. The van der Waals surface area contributed by atoms with Crippen LogP contribution in [0.3, 0.4) is 0 Å². The summed E-state index contributed by atoms with van der Waals surface area (Å²) in [5.74, 6) is -0.0776. The second kappa shape index (κ2) is 15.8. The molecule has 1 rings (SSSR count). The van der Waals surface area contributed by atoms with Crippen molar-refractivity contribution in [2.75, 3.05) is 6.61 Å². The maximum atomic E-state index is 10.2. The molecule has 0 aliphatic rings. The van der Waals surface area contributed by atoms with Gasteiger partial charge in [-0.3, -0.25) is 0 Å². The van der Waals surface area contributed by atoms with Crippen LogP contribution in [-0.4, -0.2) is 16.8 Å². The Kier molecular flexibility index (Phi) is 13.9. The van der Waals surface area contributed by atoms with E-state index in [0.29, 0.717) is 0 Å². The fourth-order valence-electron chi connectivity index (χ4n) is 3.53. The van der Waals surface area contributed by atoms with E-state index in [1.807, 2.05) is 6.07 Å².